The zero-order valence-corrected chi connectivity index (χ0v) is 18.7. The van der Waals surface area contributed by atoms with E-state index >= 15 is 0 Å². The van der Waals surface area contributed by atoms with Crippen molar-refractivity contribution in [3.63, 3.8) is 0 Å². The number of aromatic nitrogens is 4. The van der Waals surface area contributed by atoms with Gasteiger partial charge in [-0.1, -0.05) is 19.0 Å². The lowest BCUT2D eigenvalue weighted by atomic mass is 9.90. The van der Waals surface area contributed by atoms with Crippen LogP contribution in [0.15, 0.2) is 52.6 Å². The summed E-state index contributed by atoms with van der Waals surface area (Å²) in [6.45, 7) is 4.04. The molecule has 4 aromatic rings. The van der Waals surface area contributed by atoms with Gasteiger partial charge in [-0.25, -0.2) is 9.37 Å². The molecule has 12 heteroatoms. The average Bonchev–Trinajstić information content (AvgIpc) is 3.49. The molecule has 0 aliphatic carbocycles. The first-order chi connectivity index (χ1) is 16.0. The normalized spacial score (nSPS) is 12.1. The van der Waals surface area contributed by atoms with E-state index in [-0.39, 0.29) is 29.3 Å². The number of hydrogen-bond donors (Lipinski definition) is 1. The van der Waals surface area contributed by atoms with Crippen LogP contribution in [-0.4, -0.2) is 32.6 Å². The molecule has 0 radical (unpaired) electrons. The van der Waals surface area contributed by atoms with Crippen molar-refractivity contribution >= 4 is 17.2 Å². The Kier molecular flexibility index (Phi) is 6.17. The van der Waals surface area contributed by atoms with Crippen LogP contribution in [0.3, 0.4) is 0 Å². The third-order valence-corrected chi connectivity index (χ3v) is 5.80. The summed E-state index contributed by atoms with van der Waals surface area (Å²) in [6.07, 6.45) is -2.25. The molecule has 176 valence electrons. The largest absolute Gasteiger partial charge is 0.471 e. The van der Waals surface area contributed by atoms with Gasteiger partial charge in [0.05, 0.1) is 11.3 Å². The molecular formula is C22H17F4N5O2S. The SMILES string of the molecule is CC(C)(CNC(=O)c1cncc(-c2noc(C(F)(F)F)n2)c1)c1csc(-c2ccc(F)cc2)n1. The number of nitrogens with zero attached hydrogens (tertiary/aromatic N) is 4. The fourth-order valence-electron chi connectivity index (χ4n) is 2.95. The number of thiazole rings is 1. The predicted molar refractivity (Wildman–Crippen MR) is 115 cm³/mol. The Morgan fingerprint density at radius 2 is 1.82 bits per heavy atom. The van der Waals surface area contributed by atoms with Crippen molar-refractivity contribution in [2.45, 2.75) is 25.4 Å². The number of carbonyl (C=O) groups is 1. The summed E-state index contributed by atoms with van der Waals surface area (Å²) < 4.78 is 55.5. The van der Waals surface area contributed by atoms with Crippen molar-refractivity contribution in [1.82, 2.24) is 25.4 Å². The van der Waals surface area contributed by atoms with Gasteiger partial charge in [0.2, 0.25) is 5.82 Å². The van der Waals surface area contributed by atoms with Gasteiger partial charge in [0.25, 0.3) is 5.91 Å². The zero-order valence-electron chi connectivity index (χ0n) is 17.9. The lowest BCUT2D eigenvalue weighted by molar-refractivity contribution is -0.159. The van der Waals surface area contributed by atoms with Crippen molar-refractivity contribution in [1.29, 1.82) is 0 Å². The van der Waals surface area contributed by atoms with E-state index in [0.29, 0.717) is 0 Å². The molecule has 1 aromatic carbocycles. The van der Waals surface area contributed by atoms with E-state index < -0.39 is 23.4 Å². The van der Waals surface area contributed by atoms with E-state index in [4.69, 9.17) is 0 Å². The van der Waals surface area contributed by atoms with Gasteiger partial charge < -0.3 is 9.84 Å². The van der Waals surface area contributed by atoms with Gasteiger partial charge in [0, 0.05) is 40.9 Å². The number of benzene rings is 1. The molecule has 0 spiro atoms. The van der Waals surface area contributed by atoms with Crippen LogP contribution >= 0.6 is 11.3 Å². The standard InChI is InChI=1S/C22H17F4N5O2S/c1-21(2,16-10-34-19(29-16)12-3-5-15(23)6-4-12)11-28-18(32)14-7-13(8-27-9-14)17-30-20(33-31-17)22(24,25)26/h3-10H,11H2,1-2H3,(H,28,32). The zero-order chi connectivity index (χ0) is 24.5. The second-order valence-electron chi connectivity index (χ2n) is 7.99. The molecule has 1 N–H and O–H groups in total. The van der Waals surface area contributed by atoms with Crippen LogP contribution in [0.4, 0.5) is 17.6 Å². The highest BCUT2D eigenvalue weighted by Gasteiger charge is 2.38. The quantitative estimate of drug-likeness (QED) is 0.376. The van der Waals surface area contributed by atoms with Gasteiger partial charge in [-0.3, -0.25) is 9.78 Å². The highest BCUT2D eigenvalue weighted by Crippen LogP contribution is 2.31. The molecule has 0 aliphatic heterocycles. The molecule has 0 unspecified atom stereocenters. The van der Waals surface area contributed by atoms with E-state index in [1.165, 1.54) is 41.9 Å². The molecule has 1 amide bonds. The first-order valence-electron chi connectivity index (χ1n) is 9.89. The maximum Gasteiger partial charge on any atom is 0.471 e. The molecule has 34 heavy (non-hydrogen) atoms. The molecule has 0 saturated carbocycles. The van der Waals surface area contributed by atoms with Crippen molar-refractivity contribution in [3.8, 4) is 22.0 Å². The van der Waals surface area contributed by atoms with E-state index in [1.807, 2.05) is 19.2 Å². The van der Waals surface area contributed by atoms with Crippen LogP contribution in [0.5, 0.6) is 0 Å². The van der Waals surface area contributed by atoms with Gasteiger partial charge >= 0.3 is 12.1 Å². The fraction of sp³-hybridized carbons (Fsp3) is 0.227. The summed E-state index contributed by atoms with van der Waals surface area (Å²) in [5.41, 5.74) is 1.22. The highest BCUT2D eigenvalue weighted by molar-refractivity contribution is 7.13. The first-order valence-corrected chi connectivity index (χ1v) is 10.8. The second-order valence-corrected chi connectivity index (χ2v) is 8.85. The highest BCUT2D eigenvalue weighted by atomic mass is 32.1. The van der Waals surface area contributed by atoms with Gasteiger partial charge in [-0.15, -0.1) is 11.3 Å². The van der Waals surface area contributed by atoms with E-state index in [9.17, 15) is 22.4 Å². The topological polar surface area (TPSA) is 93.8 Å². The lowest BCUT2D eigenvalue weighted by Gasteiger charge is -2.23. The number of nitrogens with one attached hydrogen (secondary N) is 1. The Balaban J connectivity index is 1.45. The number of pyridine rings is 1. The average molecular weight is 491 g/mol. The Morgan fingerprint density at radius 3 is 2.50 bits per heavy atom. The second kappa shape index (κ2) is 8.93. The van der Waals surface area contributed by atoms with Crippen molar-refractivity contribution in [2.24, 2.45) is 0 Å². The summed E-state index contributed by atoms with van der Waals surface area (Å²) >= 11 is 1.41. The maximum atomic E-state index is 13.2. The molecule has 7 nitrogen and oxygen atoms in total. The summed E-state index contributed by atoms with van der Waals surface area (Å²) in [5, 5.41) is 8.70. The summed E-state index contributed by atoms with van der Waals surface area (Å²) in [5.74, 6) is -2.62. The molecule has 4 rings (SSSR count). The number of carbonyl (C=O) groups excluding carboxylic acids is 1. The number of amides is 1. The molecule has 0 aliphatic rings. The maximum absolute atomic E-state index is 13.2. The van der Waals surface area contributed by atoms with Crippen LogP contribution in [0.25, 0.3) is 22.0 Å². The first kappa shape index (κ1) is 23.5. The van der Waals surface area contributed by atoms with Gasteiger partial charge in [-0.2, -0.15) is 18.2 Å². The Hall–Kier alpha value is -3.67. The molecule has 3 aromatic heterocycles. The van der Waals surface area contributed by atoms with Crippen LogP contribution in [0, 0.1) is 5.82 Å². The van der Waals surface area contributed by atoms with Gasteiger partial charge in [-0.05, 0) is 30.3 Å². The van der Waals surface area contributed by atoms with Crippen LogP contribution in [0.1, 0.15) is 35.8 Å². The Labute approximate surface area is 194 Å². The molecule has 0 bridgehead atoms. The lowest BCUT2D eigenvalue weighted by Crippen LogP contribution is -2.37. The Bertz CT molecular complexity index is 1320. The number of hydrogen-bond acceptors (Lipinski definition) is 7. The number of rotatable bonds is 6. The predicted octanol–water partition coefficient (Wildman–Crippen LogP) is 5.12. The minimum absolute atomic E-state index is 0.106. The molecule has 3 heterocycles. The molecule has 0 saturated heterocycles. The minimum atomic E-state index is -4.77. The summed E-state index contributed by atoms with van der Waals surface area (Å²) in [4.78, 5) is 24.5. The fourth-order valence-corrected chi connectivity index (χ4v) is 3.96. The van der Waals surface area contributed by atoms with E-state index in [1.54, 1.807) is 12.1 Å². The van der Waals surface area contributed by atoms with E-state index in [2.05, 4.69) is 29.9 Å². The monoisotopic (exact) mass is 491 g/mol. The third-order valence-electron chi connectivity index (χ3n) is 4.91. The minimum Gasteiger partial charge on any atom is -0.351 e. The molecular weight excluding hydrogens is 474 g/mol. The van der Waals surface area contributed by atoms with Crippen molar-refractivity contribution < 1.29 is 26.9 Å². The number of halogens is 4. The molecule has 0 atom stereocenters. The number of alkyl halides is 3. The van der Waals surface area contributed by atoms with Crippen molar-refractivity contribution in [3.05, 3.63) is 71.1 Å². The summed E-state index contributed by atoms with van der Waals surface area (Å²) in [6, 6.07) is 7.35. The van der Waals surface area contributed by atoms with Crippen LogP contribution in [0.2, 0.25) is 0 Å². The Morgan fingerprint density at radius 1 is 1.09 bits per heavy atom. The van der Waals surface area contributed by atoms with Crippen LogP contribution < -0.4 is 5.32 Å². The van der Waals surface area contributed by atoms with Crippen LogP contribution in [-0.2, 0) is 11.6 Å². The summed E-state index contributed by atoms with van der Waals surface area (Å²) in [7, 11) is 0. The van der Waals surface area contributed by atoms with E-state index in [0.717, 1.165) is 16.3 Å². The van der Waals surface area contributed by atoms with Gasteiger partial charge in [0.15, 0.2) is 0 Å². The van der Waals surface area contributed by atoms with Crippen molar-refractivity contribution in [2.75, 3.05) is 6.54 Å². The smallest absolute Gasteiger partial charge is 0.351 e. The molecule has 0 fully saturated rings. The third kappa shape index (κ3) is 5.11. The van der Waals surface area contributed by atoms with Gasteiger partial charge in [0.1, 0.15) is 10.8 Å².